The third-order valence-corrected chi connectivity index (χ3v) is 4.52. The van der Waals surface area contributed by atoms with Crippen LogP contribution in [0.15, 0.2) is 65.9 Å². The van der Waals surface area contributed by atoms with Gasteiger partial charge in [-0.25, -0.2) is 15.1 Å². The van der Waals surface area contributed by atoms with Gasteiger partial charge >= 0.3 is 5.97 Å². The lowest BCUT2D eigenvalue weighted by atomic mass is 10.1. The van der Waals surface area contributed by atoms with Gasteiger partial charge in [0.2, 0.25) is 0 Å². The third-order valence-electron chi connectivity index (χ3n) is 4.28. The highest BCUT2D eigenvalue weighted by Gasteiger charge is 2.50. The van der Waals surface area contributed by atoms with Crippen LogP contribution in [0.3, 0.4) is 0 Å². The van der Waals surface area contributed by atoms with Crippen LogP contribution >= 0.6 is 11.6 Å². The highest BCUT2D eigenvalue weighted by Crippen LogP contribution is 2.31. The maximum atomic E-state index is 12.8. The van der Waals surface area contributed by atoms with Gasteiger partial charge in [0.15, 0.2) is 0 Å². The van der Waals surface area contributed by atoms with Crippen LogP contribution in [0.2, 0.25) is 5.02 Å². The van der Waals surface area contributed by atoms with Gasteiger partial charge in [-0.2, -0.15) is 0 Å². The molecule has 2 aromatic carbocycles. The normalized spacial score (nSPS) is 18.6. The summed E-state index contributed by atoms with van der Waals surface area (Å²) in [7, 11) is 0. The van der Waals surface area contributed by atoms with Crippen molar-refractivity contribution in [1.29, 1.82) is 0 Å². The summed E-state index contributed by atoms with van der Waals surface area (Å²) < 4.78 is 5.26. The summed E-state index contributed by atoms with van der Waals surface area (Å²) in [5.41, 5.74) is 6.41. The number of imide groups is 1. The van der Waals surface area contributed by atoms with Gasteiger partial charge in [-0.15, -0.1) is 0 Å². The van der Waals surface area contributed by atoms with E-state index in [4.69, 9.17) is 16.3 Å². The van der Waals surface area contributed by atoms with Crippen molar-refractivity contribution in [3.8, 4) is 0 Å². The van der Waals surface area contributed by atoms with Crippen molar-refractivity contribution in [2.45, 2.75) is 12.6 Å². The molecular formula is C19H14ClN3O4. The van der Waals surface area contributed by atoms with Gasteiger partial charge < -0.3 is 10.2 Å². The fourth-order valence-corrected chi connectivity index (χ4v) is 3.19. The van der Waals surface area contributed by atoms with Gasteiger partial charge in [-0.05, 0) is 23.8 Å². The molecule has 27 heavy (non-hydrogen) atoms. The first kappa shape index (κ1) is 17.3. The van der Waals surface area contributed by atoms with Crippen LogP contribution in [0.25, 0.3) is 0 Å². The van der Waals surface area contributed by atoms with E-state index in [9.17, 15) is 14.4 Å². The van der Waals surface area contributed by atoms with Crippen LogP contribution in [0.4, 0.5) is 5.69 Å². The smallest absolute Gasteiger partial charge is 0.356 e. The molecule has 0 aliphatic carbocycles. The number of amides is 2. The Balaban J connectivity index is 1.59. The number of hydrogen-bond acceptors (Lipinski definition) is 6. The van der Waals surface area contributed by atoms with E-state index >= 15 is 0 Å². The second kappa shape index (κ2) is 6.86. The highest BCUT2D eigenvalue weighted by molar-refractivity contribution is 6.34. The molecule has 0 saturated carbocycles. The largest absolute Gasteiger partial charge is 0.456 e. The highest BCUT2D eigenvalue weighted by atomic mass is 35.5. The number of nitrogens with zero attached hydrogens (tertiary/aromatic N) is 1. The van der Waals surface area contributed by atoms with Gasteiger partial charge in [-0.3, -0.25) is 9.59 Å². The number of carbonyl (C=O) groups excluding carboxylic acids is 3. The molecule has 0 bridgehead atoms. The average molecular weight is 384 g/mol. The van der Waals surface area contributed by atoms with Crippen molar-refractivity contribution in [2.75, 3.05) is 4.90 Å². The number of anilines is 1. The molecule has 2 aliphatic heterocycles. The van der Waals surface area contributed by atoms with Gasteiger partial charge in [0.25, 0.3) is 11.8 Å². The quantitative estimate of drug-likeness (QED) is 0.617. The molecule has 8 heteroatoms. The van der Waals surface area contributed by atoms with E-state index in [-0.39, 0.29) is 17.9 Å². The molecule has 2 aliphatic rings. The topological polar surface area (TPSA) is 87.7 Å². The lowest BCUT2D eigenvalue weighted by Gasteiger charge is -2.16. The van der Waals surface area contributed by atoms with E-state index in [1.54, 1.807) is 18.2 Å². The summed E-state index contributed by atoms with van der Waals surface area (Å²) in [4.78, 5) is 38.9. The van der Waals surface area contributed by atoms with Crippen LogP contribution in [0, 0.1) is 0 Å². The minimum absolute atomic E-state index is 0.0398. The monoisotopic (exact) mass is 383 g/mol. The summed E-state index contributed by atoms with van der Waals surface area (Å²) in [5.74, 6) is -1.79. The molecule has 0 spiro atoms. The molecule has 0 unspecified atom stereocenters. The first-order valence-corrected chi connectivity index (χ1v) is 8.54. The van der Waals surface area contributed by atoms with Crippen molar-refractivity contribution < 1.29 is 19.1 Å². The Hall–Kier alpha value is -3.16. The van der Waals surface area contributed by atoms with Crippen LogP contribution in [-0.2, 0) is 25.7 Å². The molecule has 1 saturated heterocycles. The molecule has 2 N–H and O–H groups in total. The summed E-state index contributed by atoms with van der Waals surface area (Å²) in [6.07, 6.45) is 0. The Kier molecular flexibility index (Phi) is 4.39. The lowest BCUT2D eigenvalue weighted by Crippen LogP contribution is -2.42. The molecule has 2 aromatic rings. The predicted molar refractivity (Wildman–Crippen MR) is 97.3 cm³/mol. The molecule has 136 valence electrons. The van der Waals surface area contributed by atoms with Crippen LogP contribution < -0.4 is 15.8 Å². The number of benzene rings is 2. The summed E-state index contributed by atoms with van der Waals surface area (Å²) >= 11 is 5.95. The zero-order valence-electron chi connectivity index (χ0n) is 13.9. The molecule has 0 aromatic heterocycles. The molecule has 4 rings (SSSR count). The van der Waals surface area contributed by atoms with E-state index in [0.29, 0.717) is 10.7 Å². The molecule has 7 nitrogen and oxygen atoms in total. The number of fused-ring (bicyclic) bond motifs is 1. The number of esters is 1. The zero-order chi connectivity index (χ0) is 19.0. The molecule has 0 radical (unpaired) electrons. The average Bonchev–Trinajstić information content (AvgIpc) is 3.21. The van der Waals surface area contributed by atoms with E-state index in [0.717, 1.165) is 10.5 Å². The number of hydrazine groups is 1. The van der Waals surface area contributed by atoms with Gasteiger partial charge in [-0.1, -0.05) is 48.0 Å². The summed E-state index contributed by atoms with van der Waals surface area (Å²) in [5, 5.41) is 0.396. The second-order valence-corrected chi connectivity index (χ2v) is 6.45. The third kappa shape index (κ3) is 3.07. The van der Waals surface area contributed by atoms with Gasteiger partial charge in [0, 0.05) is 5.02 Å². The number of nitrogens with one attached hydrogen (secondary N) is 2. The zero-order valence-corrected chi connectivity index (χ0v) is 14.7. The summed E-state index contributed by atoms with van der Waals surface area (Å²) in [6.45, 7) is 0.0585. The van der Waals surface area contributed by atoms with Gasteiger partial charge in [0.1, 0.15) is 18.3 Å². The molecule has 2 heterocycles. The van der Waals surface area contributed by atoms with Crippen molar-refractivity contribution in [3.05, 3.63) is 76.5 Å². The number of carbonyl (C=O) groups is 3. The van der Waals surface area contributed by atoms with Crippen molar-refractivity contribution in [2.24, 2.45) is 0 Å². The van der Waals surface area contributed by atoms with Crippen molar-refractivity contribution >= 4 is 35.1 Å². The number of rotatable bonds is 4. The Morgan fingerprint density at radius 3 is 2.63 bits per heavy atom. The first-order valence-electron chi connectivity index (χ1n) is 8.17. The van der Waals surface area contributed by atoms with E-state index in [1.165, 1.54) is 6.07 Å². The van der Waals surface area contributed by atoms with E-state index < -0.39 is 23.8 Å². The molecule has 1 fully saturated rings. The predicted octanol–water partition coefficient (Wildman–Crippen LogP) is 1.69. The van der Waals surface area contributed by atoms with Crippen LogP contribution in [0.5, 0.6) is 0 Å². The Morgan fingerprint density at radius 1 is 1.11 bits per heavy atom. The maximum absolute atomic E-state index is 12.8. The fraction of sp³-hybridized carbons (Fsp3) is 0.105. The molecule has 1 atom stereocenters. The molecule has 2 amide bonds. The van der Waals surface area contributed by atoms with Gasteiger partial charge in [0.05, 0.1) is 11.3 Å². The second-order valence-electron chi connectivity index (χ2n) is 6.01. The molecular weight excluding hydrogens is 370 g/mol. The van der Waals surface area contributed by atoms with E-state index in [2.05, 4.69) is 10.9 Å². The fourth-order valence-electron chi connectivity index (χ4n) is 3.01. The minimum Gasteiger partial charge on any atom is -0.456 e. The lowest BCUT2D eigenvalue weighted by molar-refractivity contribution is -0.141. The minimum atomic E-state index is -0.948. The Bertz CT molecular complexity index is 974. The SMILES string of the molecule is O=C(OCc1ccccc1)C1=C2C(=O)N(c3cccc(Cl)c3)C(=O)[C@@H]2NN1. The summed E-state index contributed by atoms with van der Waals surface area (Å²) in [6, 6.07) is 14.6. The number of halogens is 1. The van der Waals surface area contributed by atoms with Crippen molar-refractivity contribution in [1.82, 2.24) is 10.9 Å². The number of ether oxygens (including phenoxy) is 1. The number of hydrogen-bond donors (Lipinski definition) is 2. The Labute approximate surface area is 159 Å². The van der Waals surface area contributed by atoms with Crippen molar-refractivity contribution in [3.63, 3.8) is 0 Å². The maximum Gasteiger partial charge on any atom is 0.356 e. The first-order chi connectivity index (χ1) is 13.1. The van der Waals surface area contributed by atoms with E-state index in [1.807, 2.05) is 30.3 Å². The van der Waals surface area contributed by atoms with Crippen LogP contribution in [0.1, 0.15) is 5.56 Å². The van der Waals surface area contributed by atoms with Crippen LogP contribution in [-0.4, -0.2) is 23.8 Å². The Morgan fingerprint density at radius 2 is 1.89 bits per heavy atom. The standard InChI is InChI=1S/C19H14ClN3O4/c20-12-7-4-8-13(9-12)23-17(24)14-15(18(23)25)21-22-16(14)19(26)27-10-11-5-2-1-3-6-11/h1-9,15,21-22H,10H2/t15-/m1/s1.